The molecule has 2 fully saturated rings. The molecule has 16 heavy (non-hydrogen) atoms. The maximum atomic E-state index is 11.9. The molecule has 2 aliphatic rings. The van der Waals surface area contributed by atoms with Gasteiger partial charge in [-0.05, 0) is 43.4 Å². The first kappa shape index (κ1) is 11.7. The van der Waals surface area contributed by atoms with Crippen LogP contribution in [0.3, 0.4) is 0 Å². The summed E-state index contributed by atoms with van der Waals surface area (Å²) in [5.41, 5.74) is 0.457. The van der Waals surface area contributed by atoms with E-state index in [1.54, 1.807) is 0 Å². The molecule has 3 nitrogen and oxygen atoms in total. The Morgan fingerprint density at radius 3 is 2.50 bits per heavy atom. The van der Waals surface area contributed by atoms with Crippen LogP contribution >= 0.6 is 0 Å². The van der Waals surface area contributed by atoms with Gasteiger partial charge in [0, 0.05) is 19.6 Å². The van der Waals surface area contributed by atoms with Crippen LogP contribution in [0.5, 0.6) is 0 Å². The fourth-order valence-corrected chi connectivity index (χ4v) is 2.42. The Balaban J connectivity index is 1.71. The van der Waals surface area contributed by atoms with Gasteiger partial charge < -0.3 is 10.2 Å². The van der Waals surface area contributed by atoms with Crippen molar-refractivity contribution < 1.29 is 4.79 Å². The number of amides is 2. The van der Waals surface area contributed by atoms with E-state index < -0.39 is 0 Å². The Morgan fingerprint density at radius 1 is 1.38 bits per heavy atom. The molecule has 1 heterocycles. The molecule has 2 rings (SSSR count). The van der Waals surface area contributed by atoms with Gasteiger partial charge in [0.05, 0.1) is 0 Å². The summed E-state index contributed by atoms with van der Waals surface area (Å²) in [6, 6.07) is 0.159. The van der Waals surface area contributed by atoms with Crippen molar-refractivity contribution >= 4 is 6.03 Å². The molecule has 1 saturated heterocycles. The first-order chi connectivity index (χ1) is 7.65. The lowest BCUT2D eigenvalue weighted by atomic mass is 9.99. The molecule has 92 valence electrons. The number of carbonyl (C=O) groups excluding carboxylic acids is 1. The lowest BCUT2D eigenvalue weighted by Crippen LogP contribution is -2.45. The Labute approximate surface area is 98.6 Å². The molecule has 1 aliphatic heterocycles. The van der Waals surface area contributed by atoms with Crippen molar-refractivity contribution in [1.29, 1.82) is 0 Å². The molecule has 0 unspecified atom stereocenters. The molecular formula is C13H24N2O. The molecule has 1 N–H and O–H groups in total. The summed E-state index contributed by atoms with van der Waals surface area (Å²) >= 11 is 0. The molecule has 2 amide bonds. The zero-order valence-electron chi connectivity index (χ0n) is 10.6. The monoisotopic (exact) mass is 224 g/mol. The average Bonchev–Trinajstić information content (AvgIpc) is 3.08. The minimum Gasteiger partial charge on any atom is -0.337 e. The summed E-state index contributed by atoms with van der Waals surface area (Å²) in [4.78, 5) is 13.9. The predicted octanol–water partition coefficient (Wildman–Crippen LogP) is 2.62. The van der Waals surface area contributed by atoms with Crippen molar-refractivity contribution in [1.82, 2.24) is 10.2 Å². The number of hydrogen-bond donors (Lipinski definition) is 1. The van der Waals surface area contributed by atoms with Gasteiger partial charge >= 0.3 is 6.03 Å². The summed E-state index contributed by atoms with van der Waals surface area (Å²) in [6.45, 7) is 7.25. The molecule has 0 bridgehead atoms. The summed E-state index contributed by atoms with van der Waals surface area (Å²) < 4.78 is 0. The van der Waals surface area contributed by atoms with Gasteiger partial charge in [-0.2, -0.15) is 0 Å². The number of carbonyl (C=O) groups is 1. The van der Waals surface area contributed by atoms with Crippen molar-refractivity contribution in [3.8, 4) is 0 Å². The van der Waals surface area contributed by atoms with E-state index in [4.69, 9.17) is 0 Å². The molecule has 0 atom stereocenters. The maximum Gasteiger partial charge on any atom is 0.317 e. The van der Waals surface area contributed by atoms with Gasteiger partial charge in [-0.15, -0.1) is 0 Å². The lowest BCUT2D eigenvalue weighted by molar-refractivity contribution is 0.171. The van der Waals surface area contributed by atoms with Crippen LogP contribution in [0.4, 0.5) is 4.79 Å². The Hall–Kier alpha value is -0.730. The zero-order valence-corrected chi connectivity index (χ0v) is 10.6. The van der Waals surface area contributed by atoms with Crippen molar-refractivity contribution in [3.05, 3.63) is 0 Å². The van der Waals surface area contributed by atoms with Crippen LogP contribution in [-0.4, -0.2) is 30.6 Å². The fraction of sp³-hybridized carbons (Fsp3) is 0.923. The van der Waals surface area contributed by atoms with E-state index in [-0.39, 0.29) is 6.03 Å². The van der Waals surface area contributed by atoms with Crippen LogP contribution in [0, 0.1) is 11.3 Å². The highest BCUT2D eigenvalue weighted by molar-refractivity contribution is 5.74. The molecule has 1 saturated carbocycles. The highest BCUT2D eigenvalue weighted by atomic mass is 16.2. The number of piperidine rings is 1. The minimum atomic E-state index is 0.159. The standard InChI is InChI=1S/C13H24N2O/c1-3-13(6-7-13)10-14-12(16)15-8-4-11(2)5-9-15/h11H,3-10H2,1-2H3,(H,14,16). The normalized spacial score (nSPS) is 24.2. The molecule has 0 spiro atoms. The Kier molecular flexibility index (Phi) is 3.41. The quantitative estimate of drug-likeness (QED) is 0.785. The van der Waals surface area contributed by atoms with Crippen LogP contribution in [-0.2, 0) is 0 Å². The maximum absolute atomic E-state index is 11.9. The van der Waals surface area contributed by atoms with Gasteiger partial charge in [0.15, 0.2) is 0 Å². The smallest absolute Gasteiger partial charge is 0.317 e. The molecule has 0 aromatic heterocycles. The van der Waals surface area contributed by atoms with Gasteiger partial charge in [-0.1, -0.05) is 13.8 Å². The zero-order chi connectivity index (χ0) is 11.6. The van der Waals surface area contributed by atoms with Gasteiger partial charge in [-0.3, -0.25) is 0 Å². The number of nitrogens with one attached hydrogen (secondary N) is 1. The first-order valence-corrected chi connectivity index (χ1v) is 6.68. The fourth-order valence-electron chi connectivity index (χ4n) is 2.42. The number of urea groups is 1. The number of likely N-dealkylation sites (tertiary alicyclic amines) is 1. The summed E-state index contributed by atoms with van der Waals surface area (Å²) in [7, 11) is 0. The molecule has 0 aromatic carbocycles. The Bertz CT molecular complexity index is 253. The van der Waals surface area contributed by atoms with Gasteiger partial charge in [0.2, 0.25) is 0 Å². The van der Waals surface area contributed by atoms with E-state index in [9.17, 15) is 4.79 Å². The van der Waals surface area contributed by atoms with Gasteiger partial charge in [-0.25, -0.2) is 4.79 Å². The van der Waals surface area contributed by atoms with E-state index in [0.717, 1.165) is 38.4 Å². The molecule has 0 aromatic rings. The van der Waals surface area contributed by atoms with E-state index >= 15 is 0 Å². The summed E-state index contributed by atoms with van der Waals surface area (Å²) in [6.07, 6.45) is 6.10. The minimum absolute atomic E-state index is 0.159. The number of nitrogens with zero attached hydrogens (tertiary/aromatic N) is 1. The second-order valence-electron chi connectivity index (χ2n) is 5.68. The summed E-state index contributed by atoms with van der Waals surface area (Å²) in [5.74, 6) is 0.787. The highest BCUT2D eigenvalue weighted by Gasteiger charge is 2.40. The van der Waals surface area contributed by atoms with E-state index in [1.165, 1.54) is 19.3 Å². The average molecular weight is 224 g/mol. The van der Waals surface area contributed by atoms with Crippen LogP contribution < -0.4 is 5.32 Å². The SMILES string of the molecule is CCC1(CNC(=O)N2CCC(C)CC2)CC1. The summed E-state index contributed by atoms with van der Waals surface area (Å²) in [5, 5.41) is 3.11. The third kappa shape index (κ3) is 2.69. The number of hydrogen-bond acceptors (Lipinski definition) is 1. The van der Waals surface area contributed by atoms with Crippen LogP contribution in [0.25, 0.3) is 0 Å². The number of rotatable bonds is 3. The predicted molar refractivity (Wildman–Crippen MR) is 65.3 cm³/mol. The van der Waals surface area contributed by atoms with Crippen LogP contribution in [0.15, 0.2) is 0 Å². The topological polar surface area (TPSA) is 32.3 Å². The second kappa shape index (κ2) is 4.64. The van der Waals surface area contributed by atoms with Crippen molar-refractivity contribution in [2.24, 2.45) is 11.3 Å². The molecular weight excluding hydrogens is 200 g/mol. The second-order valence-corrected chi connectivity index (χ2v) is 5.68. The van der Waals surface area contributed by atoms with E-state index in [0.29, 0.717) is 5.41 Å². The van der Waals surface area contributed by atoms with Gasteiger partial charge in [0.25, 0.3) is 0 Å². The molecule has 1 aliphatic carbocycles. The van der Waals surface area contributed by atoms with Crippen molar-refractivity contribution in [2.75, 3.05) is 19.6 Å². The molecule has 0 radical (unpaired) electrons. The van der Waals surface area contributed by atoms with Crippen LogP contribution in [0.1, 0.15) is 46.0 Å². The molecule has 3 heteroatoms. The van der Waals surface area contributed by atoms with E-state index in [1.807, 2.05) is 4.90 Å². The largest absolute Gasteiger partial charge is 0.337 e. The lowest BCUT2D eigenvalue weighted by Gasteiger charge is -2.30. The highest BCUT2D eigenvalue weighted by Crippen LogP contribution is 2.47. The van der Waals surface area contributed by atoms with Crippen molar-refractivity contribution in [3.63, 3.8) is 0 Å². The third-order valence-corrected chi connectivity index (χ3v) is 4.39. The first-order valence-electron chi connectivity index (χ1n) is 6.68. The van der Waals surface area contributed by atoms with Crippen LogP contribution in [0.2, 0.25) is 0 Å². The van der Waals surface area contributed by atoms with Gasteiger partial charge in [0.1, 0.15) is 0 Å². The van der Waals surface area contributed by atoms with Crippen molar-refractivity contribution in [2.45, 2.75) is 46.0 Å². The Morgan fingerprint density at radius 2 is 2.00 bits per heavy atom. The third-order valence-electron chi connectivity index (χ3n) is 4.39. The van der Waals surface area contributed by atoms with E-state index in [2.05, 4.69) is 19.2 Å².